The van der Waals surface area contributed by atoms with Gasteiger partial charge in [-0.15, -0.1) is 0 Å². The highest BCUT2D eigenvalue weighted by atomic mass is 35.5. The van der Waals surface area contributed by atoms with Crippen molar-refractivity contribution in [1.29, 1.82) is 0 Å². The first-order chi connectivity index (χ1) is 15.2. The van der Waals surface area contributed by atoms with Crippen LogP contribution in [0.1, 0.15) is 0 Å². The Morgan fingerprint density at radius 3 is 1.47 bits per heavy atom. The van der Waals surface area contributed by atoms with Gasteiger partial charge in [0.25, 0.3) is 0 Å². The summed E-state index contributed by atoms with van der Waals surface area (Å²) in [6.45, 7) is 0.0237. The van der Waals surface area contributed by atoms with Gasteiger partial charge in [0.1, 0.15) is 35.1 Å². The van der Waals surface area contributed by atoms with Gasteiger partial charge >= 0.3 is 0 Å². The quantitative estimate of drug-likeness (QED) is 0.361. The Kier molecular flexibility index (Phi) is 8.47. The third-order valence-electron chi connectivity index (χ3n) is 5.22. The van der Waals surface area contributed by atoms with Crippen molar-refractivity contribution >= 4 is 40.6 Å². The molecule has 0 N–H and O–H groups in total. The van der Waals surface area contributed by atoms with Gasteiger partial charge in [-0.05, 0) is 60.7 Å². The van der Waals surface area contributed by atoms with Crippen molar-refractivity contribution < 1.29 is 21.9 Å². The molecule has 0 spiro atoms. The van der Waals surface area contributed by atoms with Crippen LogP contribution in [0.2, 0.25) is 5.02 Å². The second-order valence-electron chi connectivity index (χ2n) is 7.26. The number of hydrogen-bond acceptors (Lipinski definition) is 2. The Bertz CT molecular complexity index is 1020. The second kappa shape index (κ2) is 11.3. The van der Waals surface area contributed by atoms with Gasteiger partial charge in [0, 0.05) is 5.02 Å². The van der Waals surface area contributed by atoms with E-state index in [-0.39, 0.29) is 24.8 Å². The zero-order valence-corrected chi connectivity index (χ0v) is 19.8. The Balaban J connectivity index is 0.00000289. The number of ketones is 1. The first kappa shape index (κ1) is 24.0. The first-order valence-corrected chi connectivity index (χ1v) is 12.5. The monoisotopic (exact) mass is 480 g/mol. The van der Waals surface area contributed by atoms with Crippen molar-refractivity contribution in [3.05, 3.63) is 120 Å². The summed E-state index contributed by atoms with van der Waals surface area (Å²) >= 11 is 5.95. The molecule has 0 saturated heterocycles. The molecule has 2 nitrogen and oxygen atoms in total. The van der Waals surface area contributed by atoms with Gasteiger partial charge in [-0.1, -0.05) is 66.2 Å². The molecule has 4 aromatic rings. The van der Waals surface area contributed by atoms with Gasteiger partial charge in [0.15, 0.2) is 6.61 Å². The molecule has 0 aliphatic heterocycles. The van der Waals surface area contributed by atoms with E-state index in [1.807, 2.05) is 54.6 Å². The predicted molar refractivity (Wildman–Crippen MR) is 132 cm³/mol. The van der Waals surface area contributed by atoms with E-state index in [1.165, 1.54) is 15.9 Å². The van der Waals surface area contributed by atoms with E-state index in [4.69, 9.17) is 16.3 Å². The van der Waals surface area contributed by atoms with Crippen molar-refractivity contribution in [1.82, 2.24) is 0 Å². The molecular weight excluding hydrogens is 458 g/mol. The lowest BCUT2D eigenvalue weighted by molar-refractivity contribution is -0.118. The van der Waals surface area contributed by atoms with Crippen LogP contribution in [0.25, 0.3) is 0 Å². The molecule has 4 aromatic carbocycles. The van der Waals surface area contributed by atoms with Crippen LogP contribution in [0, 0.1) is 0 Å². The molecule has 0 amide bonds. The number of hydrogen-bond donors (Lipinski definition) is 0. The van der Waals surface area contributed by atoms with Crippen molar-refractivity contribution in [2.24, 2.45) is 0 Å². The van der Waals surface area contributed by atoms with Gasteiger partial charge in [0.05, 0.1) is 0 Å². The molecule has 5 heteroatoms. The molecule has 32 heavy (non-hydrogen) atoms. The molecule has 0 heterocycles. The van der Waals surface area contributed by atoms with Crippen LogP contribution in [0.3, 0.4) is 0 Å². The summed E-state index contributed by atoms with van der Waals surface area (Å²) in [5.41, 5.74) is 0. The summed E-state index contributed by atoms with van der Waals surface area (Å²) in [6, 6.07) is 38.2. The minimum Gasteiger partial charge on any atom is -1.00 e. The molecule has 162 valence electrons. The standard InChI is InChI=1S/C27H23ClO2P.ClH/c28-22-16-18-24(19-17-22)30-20-23(29)21-31(25-10-4-1-5-11-25,26-12-6-2-7-13-26)27-14-8-3-9-15-27;/h1-19H,20-21H2;1H/q+1;/p-1. The maximum atomic E-state index is 13.3. The fourth-order valence-electron chi connectivity index (χ4n) is 3.77. The smallest absolute Gasteiger partial charge is 0.208 e. The Labute approximate surface area is 201 Å². The van der Waals surface area contributed by atoms with Crippen molar-refractivity contribution in [2.45, 2.75) is 0 Å². The second-order valence-corrected chi connectivity index (χ2v) is 11.2. The highest BCUT2D eigenvalue weighted by Crippen LogP contribution is 2.55. The minimum atomic E-state index is -2.19. The number of carbonyl (C=O) groups is 1. The lowest BCUT2D eigenvalue weighted by atomic mass is 10.3. The normalized spacial score (nSPS) is 10.8. The molecule has 0 unspecified atom stereocenters. The summed E-state index contributed by atoms with van der Waals surface area (Å²) in [5.74, 6) is 0.709. The lowest BCUT2D eigenvalue weighted by Crippen LogP contribution is -3.00. The molecule has 0 aromatic heterocycles. The number of ether oxygens (including phenoxy) is 1. The van der Waals surface area contributed by atoms with Gasteiger partial charge < -0.3 is 17.1 Å². The van der Waals surface area contributed by atoms with E-state index >= 15 is 0 Å². The van der Waals surface area contributed by atoms with Crippen molar-refractivity contribution in [2.75, 3.05) is 12.8 Å². The fraction of sp³-hybridized carbons (Fsp3) is 0.0741. The largest absolute Gasteiger partial charge is 1.00 e. The third kappa shape index (κ3) is 5.40. The molecule has 0 bridgehead atoms. The summed E-state index contributed by atoms with van der Waals surface area (Å²) in [4.78, 5) is 13.3. The van der Waals surface area contributed by atoms with Crippen LogP contribution < -0.4 is 33.1 Å². The topological polar surface area (TPSA) is 26.3 Å². The molecule has 4 rings (SSSR count). The molecule has 0 saturated carbocycles. The summed E-state index contributed by atoms with van der Waals surface area (Å²) < 4.78 is 5.79. The third-order valence-corrected chi connectivity index (χ3v) is 9.84. The van der Waals surface area contributed by atoms with Crippen LogP contribution in [0.4, 0.5) is 0 Å². The SMILES string of the molecule is O=C(COc1ccc(Cl)cc1)C[P+](c1ccccc1)(c1ccccc1)c1ccccc1.[Cl-]. The highest BCUT2D eigenvalue weighted by molar-refractivity contribution is 7.96. The molecule has 0 atom stereocenters. The lowest BCUT2D eigenvalue weighted by Gasteiger charge is -2.27. The van der Waals surface area contributed by atoms with Crippen molar-refractivity contribution in [3.63, 3.8) is 0 Å². The predicted octanol–water partition coefficient (Wildman–Crippen LogP) is 2.29. The fourth-order valence-corrected chi connectivity index (χ4v) is 8.01. The molecule has 0 aliphatic rings. The minimum absolute atomic E-state index is 0. The van der Waals surface area contributed by atoms with Crippen LogP contribution in [-0.2, 0) is 4.79 Å². The van der Waals surface area contributed by atoms with Crippen LogP contribution in [0.15, 0.2) is 115 Å². The number of rotatable bonds is 8. The van der Waals surface area contributed by atoms with Crippen LogP contribution in [0.5, 0.6) is 5.75 Å². The number of carbonyl (C=O) groups excluding carboxylic acids is 1. The first-order valence-electron chi connectivity index (χ1n) is 10.1. The average Bonchev–Trinajstić information content (AvgIpc) is 2.84. The van der Waals surface area contributed by atoms with E-state index in [0.717, 1.165) is 0 Å². The average molecular weight is 481 g/mol. The van der Waals surface area contributed by atoms with E-state index in [1.54, 1.807) is 24.3 Å². The summed E-state index contributed by atoms with van der Waals surface area (Å²) in [7, 11) is -2.19. The Hall–Kier alpha value is -2.64. The highest BCUT2D eigenvalue weighted by Gasteiger charge is 2.47. The zero-order valence-electron chi connectivity index (χ0n) is 17.4. The zero-order chi connectivity index (χ0) is 21.5. The van der Waals surface area contributed by atoms with Gasteiger partial charge in [0.2, 0.25) is 5.78 Å². The Morgan fingerprint density at radius 2 is 1.06 bits per heavy atom. The van der Waals surface area contributed by atoms with E-state index < -0.39 is 7.26 Å². The molecule has 0 fully saturated rings. The maximum Gasteiger partial charge on any atom is 0.208 e. The van der Waals surface area contributed by atoms with Crippen molar-refractivity contribution in [3.8, 4) is 5.75 Å². The van der Waals surface area contributed by atoms with Gasteiger partial charge in [-0.2, -0.15) is 0 Å². The van der Waals surface area contributed by atoms with E-state index in [9.17, 15) is 4.79 Å². The molecular formula is C27H23Cl2O2P. The van der Waals surface area contributed by atoms with Gasteiger partial charge in [-0.3, -0.25) is 4.79 Å². The molecule has 0 radical (unpaired) electrons. The summed E-state index contributed by atoms with van der Waals surface area (Å²) in [6.07, 6.45) is 0.401. The maximum absolute atomic E-state index is 13.3. The van der Waals surface area contributed by atoms with Crippen LogP contribution in [-0.4, -0.2) is 18.6 Å². The van der Waals surface area contributed by atoms with E-state index in [0.29, 0.717) is 16.9 Å². The number of Topliss-reactive ketones (excluding diaryl/α,β-unsaturated/α-hetero) is 1. The molecule has 0 aliphatic carbocycles. The Morgan fingerprint density at radius 1 is 0.656 bits per heavy atom. The number of benzene rings is 4. The van der Waals surface area contributed by atoms with Gasteiger partial charge in [-0.25, -0.2) is 0 Å². The van der Waals surface area contributed by atoms with E-state index in [2.05, 4.69) is 36.4 Å². The summed E-state index contributed by atoms with van der Waals surface area (Å²) in [5, 5.41) is 4.20. The van der Waals surface area contributed by atoms with Crippen LogP contribution >= 0.6 is 18.9 Å². The number of halogens is 2.